The number of nitrogens with zero attached hydrogens (tertiary/aromatic N) is 2. The number of benzene rings is 2. The van der Waals surface area contributed by atoms with E-state index in [1.165, 1.54) is 18.2 Å². The van der Waals surface area contributed by atoms with Crippen LogP contribution in [0.3, 0.4) is 0 Å². The van der Waals surface area contributed by atoms with Crippen molar-refractivity contribution in [1.82, 2.24) is 0 Å². The molecule has 0 aliphatic heterocycles. The number of nitriles is 1. The number of hydrogen-bond donors (Lipinski definition) is 1. The van der Waals surface area contributed by atoms with Gasteiger partial charge in [-0.25, -0.2) is 8.42 Å². The van der Waals surface area contributed by atoms with Crippen molar-refractivity contribution >= 4 is 15.5 Å². The summed E-state index contributed by atoms with van der Waals surface area (Å²) in [7, 11) is -2.98. The predicted octanol–water partition coefficient (Wildman–Crippen LogP) is 2.01. The minimum atomic E-state index is -4.12. The number of aromatic hydroxyl groups is 1. The summed E-state index contributed by atoms with van der Waals surface area (Å²) < 4.78 is 30.0. The third-order valence-electron chi connectivity index (χ3n) is 3.03. The number of phenolic OH excluding ortho intramolecular Hbond substituents is 1. The molecule has 0 radical (unpaired) electrons. The zero-order valence-electron chi connectivity index (χ0n) is 11.8. The van der Waals surface area contributed by atoms with Crippen molar-refractivity contribution in [1.29, 1.82) is 5.26 Å². The molecule has 2 rings (SSSR count). The lowest BCUT2D eigenvalue weighted by Crippen LogP contribution is -2.04. The highest BCUT2D eigenvalue weighted by Gasteiger charge is 2.27. The summed E-state index contributed by atoms with van der Waals surface area (Å²) in [5.41, 5.74) is -0.661. The first-order valence-electron chi connectivity index (χ1n) is 6.12. The van der Waals surface area contributed by atoms with Crippen molar-refractivity contribution in [3.63, 3.8) is 0 Å². The molecular weight excluding hydrogens is 324 g/mol. The van der Waals surface area contributed by atoms with Crippen LogP contribution in [-0.2, 0) is 9.84 Å². The molecule has 0 bridgehead atoms. The molecule has 0 amide bonds. The Morgan fingerprint density at radius 2 is 1.96 bits per heavy atom. The first kappa shape index (κ1) is 16.3. The van der Waals surface area contributed by atoms with E-state index in [2.05, 4.69) is 0 Å². The van der Waals surface area contributed by atoms with Gasteiger partial charge in [0.25, 0.3) is 0 Å². The Bertz CT molecular complexity index is 931. The smallest absolute Gasteiger partial charge is 0.315 e. The van der Waals surface area contributed by atoms with Gasteiger partial charge in [-0.15, -0.1) is 0 Å². The topological polar surface area (TPSA) is 131 Å². The Labute approximate surface area is 131 Å². The van der Waals surface area contributed by atoms with Gasteiger partial charge in [0.1, 0.15) is 0 Å². The molecule has 0 saturated carbocycles. The molecule has 0 spiro atoms. The van der Waals surface area contributed by atoms with Crippen LogP contribution in [0.5, 0.6) is 11.5 Å². The van der Waals surface area contributed by atoms with Gasteiger partial charge in [0.2, 0.25) is 15.6 Å². The van der Waals surface area contributed by atoms with Gasteiger partial charge < -0.3 is 9.84 Å². The second-order valence-electron chi connectivity index (χ2n) is 4.39. The second-order valence-corrected chi connectivity index (χ2v) is 6.34. The molecule has 1 N–H and O–H groups in total. The van der Waals surface area contributed by atoms with Crippen LogP contribution in [0.15, 0.2) is 46.2 Å². The van der Waals surface area contributed by atoms with E-state index in [-0.39, 0.29) is 16.2 Å². The fourth-order valence-corrected chi connectivity index (χ4v) is 3.23. The zero-order valence-corrected chi connectivity index (χ0v) is 12.6. The van der Waals surface area contributed by atoms with Crippen molar-refractivity contribution < 1.29 is 23.2 Å². The van der Waals surface area contributed by atoms with Gasteiger partial charge in [0.05, 0.1) is 33.5 Å². The van der Waals surface area contributed by atoms with E-state index >= 15 is 0 Å². The molecule has 118 valence electrons. The molecule has 0 aliphatic carbocycles. The summed E-state index contributed by atoms with van der Waals surface area (Å²) in [6.45, 7) is 0. The maximum absolute atomic E-state index is 12.6. The summed E-state index contributed by atoms with van der Waals surface area (Å²) in [6.07, 6.45) is 0. The number of nitro groups is 1. The molecule has 8 nitrogen and oxygen atoms in total. The number of phenols is 1. The number of methoxy groups -OCH3 is 1. The Morgan fingerprint density at radius 1 is 1.26 bits per heavy atom. The maximum Gasteiger partial charge on any atom is 0.315 e. The quantitative estimate of drug-likeness (QED) is 0.668. The van der Waals surface area contributed by atoms with Gasteiger partial charge in [-0.1, -0.05) is 6.07 Å². The minimum Gasteiger partial charge on any atom is -0.500 e. The molecule has 0 saturated heterocycles. The average molecular weight is 334 g/mol. The third kappa shape index (κ3) is 2.93. The van der Waals surface area contributed by atoms with Gasteiger partial charge >= 0.3 is 5.69 Å². The third-order valence-corrected chi connectivity index (χ3v) is 4.76. The van der Waals surface area contributed by atoms with E-state index in [4.69, 9.17) is 10.00 Å². The van der Waals surface area contributed by atoms with Gasteiger partial charge in [0, 0.05) is 12.1 Å². The molecule has 0 aromatic heterocycles. The standard InChI is InChI=1S/C14H10N2O6S/c1-22-13-7-11(6-12(14(13)17)16(18)19)23(20,21)10-4-2-3-9(5-10)8-15/h2-7,17H,1H3. The number of sulfone groups is 1. The van der Waals surface area contributed by atoms with Crippen LogP contribution in [0.25, 0.3) is 0 Å². The van der Waals surface area contributed by atoms with Crippen LogP contribution in [0.1, 0.15) is 5.56 Å². The van der Waals surface area contributed by atoms with E-state index in [9.17, 15) is 23.6 Å². The van der Waals surface area contributed by atoms with Gasteiger partial charge in [0.15, 0.2) is 5.75 Å². The van der Waals surface area contributed by atoms with Crippen LogP contribution in [0.2, 0.25) is 0 Å². The van der Waals surface area contributed by atoms with Gasteiger partial charge in [-0.2, -0.15) is 5.26 Å². The number of ether oxygens (including phenoxy) is 1. The molecule has 0 fully saturated rings. The monoisotopic (exact) mass is 334 g/mol. The molecule has 0 unspecified atom stereocenters. The van der Waals surface area contributed by atoms with E-state index in [1.807, 2.05) is 6.07 Å². The Morgan fingerprint density at radius 3 is 2.52 bits per heavy atom. The summed E-state index contributed by atoms with van der Waals surface area (Å²) >= 11 is 0. The van der Waals surface area contributed by atoms with E-state index < -0.39 is 31.1 Å². The highest BCUT2D eigenvalue weighted by molar-refractivity contribution is 7.91. The van der Waals surface area contributed by atoms with Gasteiger partial charge in [-0.3, -0.25) is 10.1 Å². The second kappa shape index (κ2) is 5.94. The van der Waals surface area contributed by atoms with Crippen LogP contribution in [0.4, 0.5) is 5.69 Å². The first-order valence-corrected chi connectivity index (χ1v) is 7.60. The zero-order chi connectivity index (χ0) is 17.2. The minimum absolute atomic E-state index is 0.131. The molecule has 23 heavy (non-hydrogen) atoms. The summed E-state index contributed by atoms with van der Waals surface area (Å²) in [5, 5.41) is 29.5. The number of hydrogen-bond acceptors (Lipinski definition) is 7. The van der Waals surface area contributed by atoms with Crippen LogP contribution in [-0.4, -0.2) is 25.6 Å². The molecule has 2 aromatic carbocycles. The Kier molecular flexibility index (Phi) is 4.20. The highest BCUT2D eigenvalue weighted by Crippen LogP contribution is 2.39. The van der Waals surface area contributed by atoms with Crippen LogP contribution < -0.4 is 4.74 Å². The van der Waals surface area contributed by atoms with E-state index in [0.717, 1.165) is 25.3 Å². The molecule has 0 atom stereocenters. The van der Waals surface area contributed by atoms with Crippen molar-refractivity contribution in [2.45, 2.75) is 9.79 Å². The van der Waals surface area contributed by atoms with E-state index in [0.29, 0.717) is 0 Å². The molecule has 0 aliphatic rings. The summed E-state index contributed by atoms with van der Waals surface area (Å²) in [6, 6.07) is 8.77. The fourth-order valence-electron chi connectivity index (χ4n) is 1.89. The number of rotatable bonds is 4. The molecule has 2 aromatic rings. The van der Waals surface area contributed by atoms with Crippen LogP contribution in [0, 0.1) is 21.4 Å². The number of nitro benzene ring substituents is 1. The van der Waals surface area contributed by atoms with Crippen molar-refractivity contribution in [2.24, 2.45) is 0 Å². The first-order chi connectivity index (χ1) is 10.8. The lowest BCUT2D eigenvalue weighted by Gasteiger charge is -2.09. The Hall–Kier alpha value is -3.12. The molecule has 0 heterocycles. The SMILES string of the molecule is COc1cc(S(=O)(=O)c2cccc(C#N)c2)cc([N+](=O)[O-])c1O. The Balaban J connectivity index is 2.71. The van der Waals surface area contributed by atoms with Crippen molar-refractivity contribution in [3.8, 4) is 17.6 Å². The largest absolute Gasteiger partial charge is 0.500 e. The molecule has 9 heteroatoms. The summed E-state index contributed by atoms with van der Waals surface area (Å²) in [4.78, 5) is 9.43. The average Bonchev–Trinajstić information content (AvgIpc) is 2.54. The fraction of sp³-hybridized carbons (Fsp3) is 0.0714. The highest BCUT2D eigenvalue weighted by atomic mass is 32.2. The maximum atomic E-state index is 12.6. The lowest BCUT2D eigenvalue weighted by atomic mass is 10.2. The normalized spacial score (nSPS) is 10.8. The van der Waals surface area contributed by atoms with Crippen LogP contribution >= 0.6 is 0 Å². The van der Waals surface area contributed by atoms with Gasteiger partial charge in [-0.05, 0) is 18.2 Å². The van der Waals surface area contributed by atoms with Crippen molar-refractivity contribution in [3.05, 3.63) is 52.1 Å². The van der Waals surface area contributed by atoms with E-state index in [1.54, 1.807) is 0 Å². The predicted molar refractivity (Wildman–Crippen MR) is 77.9 cm³/mol. The lowest BCUT2D eigenvalue weighted by molar-refractivity contribution is -0.386. The molecular formula is C14H10N2O6S. The van der Waals surface area contributed by atoms with Crippen molar-refractivity contribution in [2.75, 3.05) is 7.11 Å². The summed E-state index contributed by atoms with van der Waals surface area (Å²) in [5.74, 6) is -1.10.